The van der Waals surface area contributed by atoms with E-state index in [4.69, 9.17) is 4.74 Å². The number of hydrogen-bond donors (Lipinski definition) is 0. The maximum atomic E-state index is 15.4. The predicted octanol–water partition coefficient (Wildman–Crippen LogP) is 9.12. The van der Waals surface area contributed by atoms with E-state index in [0.29, 0.717) is 5.75 Å². The van der Waals surface area contributed by atoms with Crippen molar-refractivity contribution in [3.63, 3.8) is 0 Å². The number of carbonyl (C=O) groups is 1. The molecule has 24 heteroatoms. The predicted molar refractivity (Wildman–Crippen MR) is 183 cm³/mol. The Bertz CT molecular complexity index is 2420. The van der Waals surface area contributed by atoms with Crippen molar-refractivity contribution in [1.82, 2.24) is 0 Å². The molecule has 0 radical (unpaired) electrons. The van der Waals surface area contributed by atoms with Gasteiger partial charge >= 0.3 is 5.97 Å². The van der Waals surface area contributed by atoms with Crippen molar-refractivity contribution in [3.05, 3.63) is 171 Å². The standard InChI is InChI=1S/C24BF20.C15H15O2S/c26-5-1(6(27)14(35)21(42)13(5)34)25(2-7(28)15(36)22(43)16(37)8(2)29,3-9(30)17(38)23(44)18(39)10(3)31)4-11(32)19(40)24(45)20(41)12(4)33;1-12(16)17-13-8-10-15(11-9-13)18(2)14-6-4-3-5-7-14/h;3-11H,1-2H3/q-1;+1. The molecule has 0 N–H and O–H groups in total. The van der Waals surface area contributed by atoms with Gasteiger partial charge in [-0.2, -0.15) is 0 Å². The van der Waals surface area contributed by atoms with E-state index in [1.54, 1.807) is 0 Å². The van der Waals surface area contributed by atoms with Crippen molar-refractivity contribution in [1.29, 1.82) is 0 Å². The van der Waals surface area contributed by atoms with Gasteiger partial charge in [0.25, 0.3) is 0 Å². The molecule has 0 saturated carbocycles. The fourth-order valence-corrected chi connectivity index (χ4v) is 7.89. The summed E-state index contributed by atoms with van der Waals surface area (Å²) in [6, 6.07) is 18.1. The molecule has 0 aliphatic carbocycles. The second-order valence-corrected chi connectivity index (χ2v) is 14.7. The Kier molecular flexibility index (Phi) is 13.6. The first-order valence-electron chi connectivity index (χ1n) is 16.6. The van der Waals surface area contributed by atoms with Gasteiger partial charge in [-0.15, -0.1) is 21.9 Å². The van der Waals surface area contributed by atoms with Crippen molar-refractivity contribution in [2.45, 2.75) is 16.7 Å². The minimum Gasteiger partial charge on any atom is -0.427 e. The average molecular weight is 938 g/mol. The SMILES string of the molecule is CC(=O)Oc1ccc([S+](C)c2ccccc2)cc1.Fc1c(F)c(F)c([B-](c2c(F)c(F)c(F)c(F)c2F)(c2c(F)c(F)c(F)c(F)c2F)c2c(F)c(F)c(F)c(F)c2F)c(F)c1F. The molecule has 332 valence electrons. The zero-order valence-electron chi connectivity index (χ0n) is 30.6. The zero-order valence-corrected chi connectivity index (χ0v) is 31.4. The summed E-state index contributed by atoms with van der Waals surface area (Å²) in [5.74, 6) is -71.1. The van der Waals surface area contributed by atoms with Crippen LogP contribution in [0.2, 0.25) is 0 Å². The maximum Gasteiger partial charge on any atom is 0.308 e. The molecule has 0 spiro atoms. The third-order valence-corrected chi connectivity index (χ3v) is 11.2. The van der Waals surface area contributed by atoms with Gasteiger partial charge in [-0.3, -0.25) is 4.79 Å². The van der Waals surface area contributed by atoms with Crippen LogP contribution in [0.25, 0.3) is 0 Å². The zero-order chi connectivity index (χ0) is 47.3. The van der Waals surface area contributed by atoms with Crippen LogP contribution >= 0.6 is 0 Å². The molecule has 0 aliphatic heterocycles. The lowest BCUT2D eigenvalue weighted by Crippen LogP contribution is -2.81. The Balaban J connectivity index is 0.000000345. The molecule has 6 aromatic rings. The van der Waals surface area contributed by atoms with Gasteiger partial charge in [-0.05, 0) is 36.4 Å². The van der Waals surface area contributed by atoms with Crippen LogP contribution in [0, 0.1) is 116 Å². The quantitative estimate of drug-likeness (QED) is 0.0304. The Morgan fingerprint density at radius 1 is 0.365 bits per heavy atom. The normalized spacial score (nSPS) is 12.0. The van der Waals surface area contributed by atoms with Gasteiger partial charge < -0.3 is 4.74 Å². The number of rotatable bonds is 7. The van der Waals surface area contributed by atoms with E-state index in [0.717, 1.165) is 0 Å². The molecule has 1 atom stereocenters. The third-order valence-electron chi connectivity index (χ3n) is 9.24. The summed E-state index contributed by atoms with van der Waals surface area (Å²) in [5.41, 5.74) is -14.3. The van der Waals surface area contributed by atoms with E-state index >= 15 is 35.1 Å². The largest absolute Gasteiger partial charge is 0.427 e. The van der Waals surface area contributed by atoms with Crippen LogP contribution in [0.5, 0.6) is 5.75 Å². The lowest BCUT2D eigenvalue weighted by Gasteiger charge is -2.44. The Hall–Kier alpha value is -6.20. The van der Waals surface area contributed by atoms with Gasteiger partial charge in [0.05, 0.1) is 10.9 Å². The first-order chi connectivity index (χ1) is 29.4. The molecule has 0 bridgehead atoms. The number of esters is 1. The van der Waals surface area contributed by atoms with Gasteiger partial charge in [-0.25, -0.2) is 87.8 Å². The Morgan fingerprint density at radius 3 is 0.825 bits per heavy atom. The van der Waals surface area contributed by atoms with Gasteiger partial charge in [-0.1, -0.05) is 18.2 Å². The minimum atomic E-state index is -7.22. The highest BCUT2D eigenvalue weighted by molar-refractivity contribution is 7.96. The minimum absolute atomic E-state index is 0.0418. The summed E-state index contributed by atoms with van der Waals surface area (Å²) in [6.45, 7) is 1.41. The molecular formula is C39H15BF20O2S. The molecule has 1 unspecified atom stereocenters. The molecule has 0 fully saturated rings. The van der Waals surface area contributed by atoms with Crippen molar-refractivity contribution in [2.75, 3.05) is 6.26 Å². The fraction of sp³-hybridized carbons (Fsp3) is 0.0513. The average Bonchev–Trinajstić information content (AvgIpc) is 3.26. The second-order valence-electron chi connectivity index (χ2n) is 12.7. The van der Waals surface area contributed by atoms with E-state index in [2.05, 4.69) is 18.4 Å². The van der Waals surface area contributed by atoms with Crippen molar-refractivity contribution >= 4 is 44.9 Å². The maximum absolute atomic E-state index is 15.4. The van der Waals surface area contributed by atoms with Crippen LogP contribution in [0.3, 0.4) is 0 Å². The third kappa shape index (κ3) is 7.81. The highest BCUT2D eigenvalue weighted by Crippen LogP contribution is 2.31. The van der Waals surface area contributed by atoms with E-state index in [1.807, 2.05) is 42.5 Å². The van der Waals surface area contributed by atoms with Crippen molar-refractivity contribution in [2.24, 2.45) is 0 Å². The van der Waals surface area contributed by atoms with Gasteiger partial charge in [0.1, 0.15) is 64.7 Å². The highest BCUT2D eigenvalue weighted by Gasteiger charge is 2.52. The molecular weight excluding hydrogens is 923 g/mol. The summed E-state index contributed by atoms with van der Waals surface area (Å²) in [6.07, 6.45) is -5.03. The lowest BCUT2D eigenvalue weighted by atomic mass is 9.12. The van der Waals surface area contributed by atoms with Gasteiger partial charge in [0.15, 0.2) is 79.6 Å². The van der Waals surface area contributed by atoms with Crippen LogP contribution in [0.15, 0.2) is 64.4 Å². The number of hydrogen-bond acceptors (Lipinski definition) is 2. The number of benzene rings is 6. The first-order valence-corrected chi connectivity index (χ1v) is 18.2. The highest BCUT2D eigenvalue weighted by atomic mass is 32.2. The first kappa shape index (κ1) is 47.8. The summed E-state index contributed by atoms with van der Waals surface area (Å²) in [5, 5.41) is 0. The van der Waals surface area contributed by atoms with Crippen LogP contribution in [0.1, 0.15) is 6.92 Å². The Morgan fingerprint density at radius 2 is 0.587 bits per heavy atom. The molecule has 0 saturated heterocycles. The Labute approximate surface area is 341 Å². The lowest BCUT2D eigenvalue weighted by molar-refractivity contribution is -0.131. The summed E-state index contributed by atoms with van der Waals surface area (Å²) in [4.78, 5) is 13.4. The smallest absolute Gasteiger partial charge is 0.308 e. The number of ether oxygens (including phenoxy) is 1. The topological polar surface area (TPSA) is 26.3 Å². The van der Waals surface area contributed by atoms with Crippen molar-refractivity contribution < 1.29 is 97.3 Å². The number of halogens is 20. The monoisotopic (exact) mass is 938 g/mol. The molecule has 6 aromatic carbocycles. The van der Waals surface area contributed by atoms with E-state index < -0.39 is 144 Å². The number of carbonyl (C=O) groups excluding carboxylic acids is 1. The summed E-state index contributed by atoms with van der Waals surface area (Å²) < 4.78 is 299. The molecule has 0 amide bonds. The molecule has 63 heavy (non-hydrogen) atoms. The van der Waals surface area contributed by atoms with Gasteiger partial charge in [0.2, 0.25) is 0 Å². The summed E-state index contributed by atoms with van der Waals surface area (Å²) in [7, 11) is 0.0418. The second kappa shape index (κ2) is 17.9. The van der Waals surface area contributed by atoms with E-state index in [1.165, 1.54) is 16.7 Å². The van der Waals surface area contributed by atoms with Crippen LogP contribution in [-0.2, 0) is 15.7 Å². The summed E-state index contributed by atoms with van der Waals surface area (Å²) >= 11 is 0. The van der Waals surface area contributed by atoms with E-state index in [9.17, 15) is 57.5 Å². The molecule has 2 nitrogen and oxygen atoms in total. The van der Waals surface area contributed by atoms with Crippen molar-refractivity contribution in [3.8, 4) is 5.75 Å². The van der Waals surface area contributed by atoms with Crippen LogP contribution in [-0.4, -0.2) is 18.4 Å². The fourth-order valence-electron chi connectivity index (χ4n) is 6.51. The van der Waals surface area contributed by atoms with Crippen LogP contribution < -0.4 is 26.6 Å². The van der Waals surface area contributed by atoms with Gasteiger partial charge in [0, 0.05) is 6.92 Å². The molecule has 0 aromatic heterocycles. The van der Waals surface area contributed by atoms with E-state index in [-0.39, 0.29) is 16.9 Å². The van der Waals surface area contributed by atoms with Crippen LogP contribution in [0.4, 0.5) is 87.8 Å². The molecule has 0 aliphatic rings. The molecule has 0 heterocycles. The molecule has 6 rings (SSSR count).